The Kier molecular flexibility index (Phi) is 6.23. The Morgan fingerprint density at radius 3 is 2.67 bits per heavy atom. The van der Waals surface area contributed by atoms with Crippen LogP contribution in [0.3, 0.4) is 0 Å². The van der Waals surface area contributed by atoms with E-state index in [1.807, 2.05) is 55.5 Å². The smallest absolute Gasteiger partial charge is 0.0945 e. The summed E-state index contributed by atoms with van der Waals surface area (Å²) in [5, 5.41) is 13.1. The van der Waals surface area contributed by atoms with Crippen LogP contribution in [0, 0.1) is 6.92 Å². The number of anilines is 1. The molecule has 2 rings (SSSR count). The fraction of sp³-hybridized carbons (Fsp3) is 0.294. The summed E-state index contributed by atoms with van der Waals surface area (Å²) < 4.78 is 6.52. The summed E-state index contributed by atoms with van der Waals surface area (Å²) in [6.45, 7) is 3.33. The first-order valence-corrected chi connectivity index (χ1v) is 7.74. The van der Waals surface area contributed by atoms with Crippen LogP contribution < -0.4 is 5.32 Å². The molecule has 0 saturated heterocycles. The van der Waals surface area contributed by atoms with E-state index in [-0.39, 0.29) is 0 Å². The predicted molar refractivity (Wildman–Crippen MR) is 89.5 cm³/mol. The fourth-order valence-corrected chi connectivity index (χ4v) is 2.57. The van der Waals surface area contributed by atoms with Gasteiger partial charge in [0.1, 0.15) is 0 Å². The topological polar surface area (TPSA) is 41.5 Å². The largest absolute Gasteiger partial charge is 0.389 e. The molecule has 0 aromatic heterocycles. The zero-order valence-corrected chi connectivity index (χ0v) is 13.6. The van der Waals surface area contributed by atoms with Crippen molar-refractivity contribution in [3.8, 4) is 0 Å². The number of benzene rings is 2. The first-order valence-electron chi connectivity index (χ1n) is 6.95. The maximum atomic E-state index is 9.93. The molecule has 0 radical (unpaired) electrons. The molecule has 1 atom stereocenters. The quantitative estimate of drug-likeness (QED) is 0.799. The third kappa shape index (κ3) is 5.50. The van der Waals surface area contributed by atoms with Gasteiger partial charge in [-0.2, -0.15) is 0 Å². The Hall–Kier alpha value is -1.36. The molecule has 2 N–H and O–H groups in total. The first-order chi connectivity index (χ1) is 10.1. The van der Waals surface area contributed by atoms with Crippen molar-refractivity contribution < 1.29 is 9.84 Å². The van der Waals surface area contributed by atoms with Crippen molar-refractivity contribution in [3.63, 3.8) is 0 Å². The monoisotopic (exact) mass is 349 g/mol. The van der Waals surface area contributed by atoms with Gasteiger partial charge in [-0.05, 0) is 46.1 Å². The molecule has 0 aliphatic carbocycles. The number of hydrogen-bond donors (Lipinski definition) is 2. The summed E-state index contributed by atoms with van der Waals surface area (Å²) in [6, 6.07) is 16.0. The molecule has 0 bridgehead atoms. The number of nitrogens with one attached hydrogen (secondary N) is 1. The first kappa shape index (κ1) is 16.0. The molecule has 0 amide bonds. The summed E-state index contributed by atoms with van der Waals surface area (Å²) in [4.78, 5) is 0. The average Bonchev–Trinajstić information content (AvgIpc) is 2.47. The van der Waals surface area contributed by atoms with E-state index in [0.717, 1.165) is 15.7 Å². The second-order valence-corrected chi connectivity index (χ2v) is 5.87. The van der Waals surface area contributed by atoms with Crippen molar-refractivity contribution in [2.45, 2.75) is 19.6 Å². The number of halogens is 1. The molecular weight excluding hydrogens is 330 g/mol. The van der Waals surface area contributed by atoms with Gasteiger partial charge in [0.05, 0.1) is 19.3 Å². The van der Waals surface area contributed by atoms with Gasteiger partial charge in [-0.15, -0.1) is 0 Å². The number of hydrogen-bond acceptors (Lipinski definition) is 3. The molecule has 0 aliphatic rings. The second-order valence-electron chi connectivity index (χ2n) is 5.02. The molecule has 2 aromatic rings. The molecule has 2 aromatic carbocycles. The molecule has 21 heavy (non-hydrogen) atoms. The number of aliphatic hydroxyl groups excluding tert-OH is 1. The molecular formula is C17H20BrNO2. The van der Waals surface area contributed by atoms with Gasteiger partial charge in [-0.1, -0.05) is 36.4 Å². The maximum Gasteiger partial charge on any atom is 0.0945 e. The fourth-order valence-electron chi connectivity index (χ4n) is 1.94. The Morgan fingerprint density at radius 1 is 1.19 bits per heavy atom. The lowest BCUT2D eigenvalue weighted by molar-refractivity contribution is 0.0348. The van der Waals surface area contributed by atoms with Crippen molar-refractivity contribution in [1.82, 2.24) is 0 Å². The molecule has 3 nitrogen and oxygen atoms in total. The summed E-state index contributed by atoms with van der Waals surface area (Å²) in [5.41, 5.74) is 3.28. The summed E-state index contributed by atoms with van der Waals surface area (Å²) in [6.07, 6.45) is -0.540. The van der Waals surface area contributed by atoms with Crippen LogP contribution in [0.5, 0.6) is 0 Å². The minimum Gasteiger partial charge on any atom is -0.389 e. The van der Waals surface area contributed by atoms with E-state index < -0.39 is 6.10 Å². The zero-order valence-electron chi connectivity index (χ0n) is 12.1. The van der Waals surface area contributed by atoms with Gasteiger partial charge >= 0.3 is 0 Å². The highest BCUT2D eigenvalue weighted by Crippen LogP contribution is 2.23. The summed E-state index contributed by atoms with van der Waals surface area (Å²) in [7, 11) is 0. The van der Waals surface area contributed by atoms with E-state index in [1.54, 1.807) is 0 Å². The van der Waals surface area contributed by atoms with Gasteiger partial charge in [-0.3, -0.25) is 0 Å². The Labute approximate surface area is 134 Å². The minimum atomic E-state index is -0.540. The van der Waals surface area contributed by atoms with Crippen molar-refractivity contribution in [2.75, 3.05) is 18.5 Å². The Bertz CT molecular complexity index is 560. The van der Waals surface area contributed by atoms with Crippen molar-refractivity contribution in [1.29, 1.82) is 0 Å². The van der Waals surface area contributed by atoms with Crippen LogP contribution in [-0.4, -0.2) is 24.4 Å². The Morgan fingerprint density at radius 2 is 1.95 bits per heavy atom. The van der Waals surface area contributed by atoms with Crippen LogP contribution in [0.1, 0.15) is 11.1 Å². The highest BCUT2D eigenvalue weighted by Gasteiger charge is 2.06. The number of ether oxygens (including phenoxy) is 1. The minimum absolute atomic E-state index is 0.311. The van der Waals surface area contributed by atoms with Gasteiger partial charge in [0.15, 0.2) is 0 Å². The normalized spacial score (nSPS) is 12.1. The van der Waals surface area contributed by atoms with Crippen molar-refractivity contribution in [2.24, 2.45) is 0 Å². The molecule has 0 saturated carbocycles. The third-order valence-electron chi connectivity index (χ3n) is 3.07. The van der Waals surface area contributed by atoms with E-state index in [4.69, 9.17) is 4.74 Å². The number of aliphatic hydroxyl groups is 1. The molecule has 4 heteroatoms. The summed E-state index contributed by atoms with van der Waals surface area (Å²) in [5.74, 6) is 0. The molecule has 0 heterocycles. The molecule has 0 aliphatic heterocycles. The van der Waals surface area contributed by atoms with E-state index in [0.29, 0.717) is 19.8 Å². The van der Waals surface area contributed by atoms with Gasteiger partial charge < -0.3 is 15.2 Å². The SMILES string of the molecule is Cc1ccc(NCC(O)COCc2ccccc2)c(Br)c1. The summed E-state index contributed by atoms with van der Waals surface area (Å²) >= 11 is 3.51. The molecule has 0 spiro atoms. The van der Waals surface area contributed by atoms with Crippen molar-refractivity contribution in [3.05, 3.63) is 64.1 Å². The lowest BCUT2D eigenvalue weighted by Gasteiger charge is -2.14. The Balaban J connectivity index is 1.71. The van der Waals surface area contributed by atoms with Crippen LogP contribution in [0.25, 0.3) is 0 Å². The highest BCUT2D eigenvalue weighted by atomic mass is 79.9. The third-order valence-corrected chi connectivity index (χ3v) is 3.73. The van der Waals surface area contributed by atoms with Gasteiger partial charge in [-0.25, -0.2) is 0 Å². The zero-order chi connectivity index (χ0) is 15.1. The molecule has 1 unspecified atom stereocenters. The standard InChI is InChI=1S/C17H20BrNO2/c1-13-7-8-17(16(18)9-13)19-10-15(20)12-21-11-14-5-3-2-4-6-14/h2-9,15,19-20H,10-12H2,1H3. The van der Waals surface area contributed by atoms with Crippen molar-refractivity contribution >= 4 is 21.6 Å². The van der Waals surface area contributed by atoms with Gasteiger partial charge in [0.2, 0.25) is 0 Å². The van der Waals surface area contributed by atoms with Gasteiger partial charge in [0, 0.05) is 16.7 Å². The molecule has 112 valence electrons. The number of aryl methyl sites for hydroxylation is 1. The van der Waals surface area contributed by atoms with Crippen LogP contribution in [-0.2, 0) is 11.3 Å². The van der Waals surface area contributed by atoms with Crippen LogP contribution in [0.15, 0.2) is 53.0 Å². The lowest BCUT2D eigenvalue weighted by Crippen LogP contribution is -2.24. The maximum absolute atomic E-state index is 9.93. The average molecular weight is 350 g/mol. The highest BCUT2D eigenvalue weighted by molar-refractivity contribution is 9.10. The second kappa shape index (κ2) is 8.17. The lowest BCUT2D eigenvalue weighted by atomic mass is 10.2. The van der Waals surface area contributed by atoms with Crippen LogP contribution in [0.2, 0.25) is 0 Å². The van der Waals surface area contributed by atoms with E-state index >= 15 is 0 Å². The molecule has 0 fully saturated rings. The van der Waals surface area contributed by atoms with E-state index in [9.17, 15) is 5.11 Å². The van der Waals surface area contributed by atoms with Crippen LogP contribution in [0.4, 0.5) is 5.69 Å². The van der Waals surface area contributed by atoms with Crippen LogP contribution >= 0.6 is 15.9 Å². The predicted octanol–water partition coefficient (Wildman–Crippen LogP) is 3.75. The van der Waals surface area contributed by atoms with E-state index in [1.165, 1.54) is 5.56 Å². The van der Waals surface area contributed by atoms with Gasteiger partial charge in [0.25, 0.3) is 0 Å². The number of rotatable bonds is 7. The van der Waals surface area contributed by atoms with E-state index in [2.05, 4.69) is 21.2 Å².